The van der Waals surface area contributed by atoms with Gasteiger partial charge in [0.05, 0.1) is 17.1 Å². The first kappa shape index (κ1) is 13.9. The summed E-state index contributed by atoms with van der Waals surface area (Å²) in [5.41, 5.74) is 0.368. The van der Waals surface area contributed by atoms with Crippen molar-refractivity contribution in [1.29, 1.82) is 0 Å². The van der Waals surface area contributed by atoms with Crippen LogP contribution >= 0.6 is 11.6 Å². The van der Waals surface area contributed by atoms with E-state index >= 15 is 0 Å². The zero-order valence-corrected chi connectivity index (χ0v) is 11.0. The van der Waals surface area contributed by atoms with Crippen LogP contribution in [-0.2, 0) is 11.3 Å². The molecule has 0 saturated carbocycles. The zero-order chi connectivity index (χ0) is 13.8. The first-order valence-electron chi connectivity index (χ1n) is 6.04. The second-order valence-electron chi connectivity index (χ2n) is 4.45. The number of rotatable bonds is 3. The molecule has 0 unspecified atom stereocenters. The number of terminal acetylenes is 1. The molecule has 2 N–H and O–H groups in total. The van der Waals surface area contributed by atoms with E-state index < -0.39 is 5.82 Å². The maximum absolute atomic E-state index is 13.6. The van der Waals surface area contributed by atoms with Crippen LogP contribution in [0.15, 0.2) is 18.2 Å². The number of carbonyl (C=O) groups excluding carboxylic acids is 1. The van der Waals surface area contributed by atoms with Gasteiger partial charge in [-0.3, -0.25) is 10.1 Å². The van der Waals surface area contributed by atoms with E-state index in [2.05, 4.69) is 16.6 Å². The molecule has 2 atom stereocenters. The standard InChI is InChI=1S/C14H14ClFN2O/c1-2-10-6-7-12(18-10)14(19)17-8-9-4-3-5-11(15)13(9)16/h1,3-5,10,12,18H,6-8H2,(H,17,19)/t10-,12+/m1/s1. The molecule has 0 radical (unpaired) electrons. The third kappa shape index (κ3) is 3.25. The van der Waals surface area contributed by atoms with Crippen LogP contribution in [-0.4, -0.2) is 18.0 Å². The predicted molar refractivity (Wildman–Crippen MR) is 72.0 cm³/mol. The van der Waals surface area contributed by atoms with Crippen molar-refractivity contribution in [2.75, 3.05) is 0 Å². The summed E-state index contributed by atoms with van der Waals surface area (Å²) < 4.78 is 13.6. The Bertz CT molecular complexity index is 527. The lowest BCUT2D eigenvalue weighted by Crippen LogP contribution is -2.42. The summed E-state index contributed by atoms with van der Waals surface area (Å²) in [6.07, 6.45) is 6.76. The van der Waals surface area contributed by atoms with Crippen molar-refractivity contribution in [1.82, 2.24) is 10.6 Å². The number of halogens is 2. The van der Waals surface area contributed by atoms with Gasteiger partial charge < -0.3 is 5.32 Å². The molecule has 1 amide bonds. The molecular formula is C14H14ClFN2O. The summed E-state index contributed by atoms with van der Waals surface area (Å²) in [5, 5.41) is 5.77. The van der Waals surface area contributed by atoms with E-state index in [4.69, 9.17) is 18.0 Å². The fourth-order valence-electron chi connectivity index (χ4n) is 2.07. The second kappa shape index (κ2) is 6.05. The van der Waals surface area contributed by atoms with Crippen molar-refractivity contribution >= 4 is 17.5 Å². The van der Waals surface area contributed by atoms with Gasteiger partial charge in [-0.1, -0.05) is 29.7 Å². The van der Waals surface area contributed by atoms with Crippen LogP contribution in [0.25, 0.3) is 0 Å². The highest BCUT2D eigenvalue weighted by molar-refractivity contribution is 6.30. The number of hydrogen-bond acceptors (Lipinski definition) is 2. The third-order valence-electron chi connectivity index (χ3n) is 3.15. The predicted octanol–water partition coefficient (Wildman–Crippen LogP) is 1.85. The lowest BCUT2D eigenvalue weighted by molar-refractivity contribution is -0.123. The first-order chi connectivity index (χ1) is 9.11. The van der Waals surface area contributed by atoms with E-state index in [9.17, 15) is 9.18 Å². The Kier molecular flexibility index (Phi) is 4.41. The molecule has 0 bridgehead atoms. The van der Waals surface area contributed by atoms with Crippen molar-refractivity contribution < 1.29 is 9.18 Å². The molecule has 1 saturated heterocycles. The fraction of sp³-hybridized carbons (Fsp3) is 0.357. The van der Waals surface area contributed by atoms with Gasteiger partial charge in [-0.2, -0.15) is 0 Å². The molecule has 19 heavy (non-hydrogen) atoms. The normalized spacial score (nSPS) is 21.9. The van der Waals surface area contributed by atoms with Gasteiger partial charge in [-0.05, 0) is 18.9 Å². The molecule has 3 nitrogen and oxygen atoms in total. The quantitative estimate of drug-likeness (QED) is 0.830. The average Bonchev–Trinajstić information content (AvgIpc) is 2.89. The van der Waals surface area contributed by atoms with Crippen LogP contribution in [0.5, 0.6) is 0 Å². The van der Waals surface area contributed by atoms with Gasteiger partial charge in [0.15, 0.2) is 0 Å². The molecule has 5 heteroatoms. The van der Waals surface area contributed by atoms with E-state index in [1.54, 1.807) is 12.1 Å². The van der Waals surface area contributed by atoms with Crippen LogP contribution in [0.2, 0.25) is 5.02 Å². The molecule has 1 aromatic rings. The Morgan fingerprint density at radius 1 is 1.58 bits per heavy atom. The average molecular weight is 281 g/mol. The summed E-state index contributed by atoms with van der Waals surface area (Å²) in [4.78, 5) is 11.9. The molecule has 1 heterocycles. The summed E-state index contributed by atoms with van der Waals surface area (Å²) in [6.45, 7) is 0.115. The van der Waals surface area contributed by atoms with Crippen LogP contribution in [0, 0.1) is 18.2 Å². The van der Waals surface area contributed by atoms with E-state index in [0.29, 0.717) is 12.0 Å². The minimum atomic E-state index is -0.495. The smallest absolute Gasteiger partial charge is 0.237 e. The van der Waals surface area contributed by atoms with Gasteiger partial charge in [0.2, 0.25) is 5.91 Å². The van der Waals surface area contributed by atoms with E-state index in [1.165, 1.54) is 6.07 Å². The van der Waals surface area contributed by atoms with Gasteiger partial charge in [0, 0.05) is 12.1 Å². The molecule has 1 fully saturated rings. The highest BCUT2D eigenvalue weighted by Gasteiger charge is 2.27. The van der Waals surface area contributed by atoms with Crippen molar-refractivity contribution in [2.45, 2.75) is 31.5 Å². The van der Waals surface area contributed by atoms with E-state index in [0.717, 1.165) is 6.42 Å². The zero-order valence-electron chi connectivity index (χ0n) is 10.2. The van der Waals surface area contributed by atoms with Crippen molar-refractivity contribution in [2.24, 2.45) is 0 Å². The Balaban J connectivity index is 1.91. The van der Waals surface area contributed by atoms with Crippen molar-refractivity contribution in [3.05, 3.63) is 34.6 Å². The van der Waals surface area contributed by atoms with E-state index in [1.807, 2.05) is 0 Å². The number of benzene rings is 1. The third-order valence-corrected chi connectivity index (χ3v) is 3.44. The van der Waals surface area contributed by atoms with Crippen LogP contribution in [0.3, 0.4) is 0 Å². The molecule has 1 aliphatic heterocycles. The molecule has 0 aromatic heterocycles. The Morgan fingerprint density at radius 2 is 2.37 bits per heavy atom. The topological polar surface area (TPSA) is 41.1 Å². The summed E-state index contributed by atoms with van der Waals surface area (Å²) in [6, 6.07) is 4.35. The highest BCUT2D eigenvalue weighted by atomic mass is 35.5. The molecule has 0 aliphatic carbocycles. The highest BCUT2D eigenvalue weighted by Crippen LogP contribution is 2.18. The lowest BCUT2D eigenvalue weighted by atomic mass is 10.1. The molecule has 1 aromatic carbocycles. The largest absolute Gasteiger partial charge is 0.351 e. The Labute approximate surface area is 116 Å². The number of nitrogens with one attached hydrogen (secondary N) is 2. The number of carbonyl (C=O) groups is 1. The fourth-order valence-corrected chi connectivity index (χ4v) is 2.27. The van der Waals surface area contributed by atoms with E-state index in [-0.39, 0.29) is 29.6 Å². The SMILES string of the molecule is C#C[C@@H]1CC[C@@H](C(=O)NCc2cccc(Cl)c2F)N1. The minimum absolute atomic E-state index is 0.0538. The van der Waals surface area contributed by atoms with Gasteiger partial charge in [-0.25, -0.2) is 4.39 Å². The Morgan fingerprint density at radius 3 is 3.05 bits per heavy atom. The van der Waals surface area contributed by atoms with Crippen LogP contribution in [0.1, 0.15) is 18.4 Å². The summed E-state index contributed by atoms with van der Waals surface area (Å²) in [7, 11) is 0. The first-order valence-corrected chi connectivity index (χ1v) is 6.42. The minimum Gasteiger partial charge on any atom is -0.351 e. The monoisotopic (exact) mass is 280 g/mol. The van der Waals surface area contributed by atoms with Crippen LogP contribution < -0.4 is 10.6 Å². The van der Waals surface area contributed by atoms with Crippen LogP contribution in [0.4, 0.5) is 4.39 Å². The maximum Gasteiger partial charge on any atom is 0.237 e. The second-order valence-corrected chi connectivity index (χ2v) is 4.85. The van der Waals surface area contributed by atoms with Gasteiger partial charge >= 0.3 is 0 Å². The lowest BCUT2D eigenvalue weighted by Gasteiger charge is -2.12. The molecule has 0 spiro atoms. The van der Waals surface area contributed by atoms with Crippen molar-refractivity contribution in [3.63, 3.8) is 0 Å². The van der Waals surface area contributed by atoms with Gasteiger partial charge in [0.25, 0.3) is 0 Å². The molecule has 100 valence electrons. The molecule has 1 aliphatic rings. The summed E-state index contributed by atoms with van der Waals surface area (Å²) >= 11 is 5.67. The molecule has 2 rings (SSSR count). The number of amides is 1. The maximum atomic E-state index is 13.6. The van der Waals surface area contributed by atoms with Gasteiger partial charge in [-0.15, -0.1) is 6.42 Å². The number of hydrogen-bond donors (Lipinski definition) is 2. The van der Waals surface area contributed by atoms with Gasteiger partial charge in [0.1, 0.15) is 5.82 Å². The summed E-state index contributed by atoms with van der Waals surface area (Å²) in [5.74, 6) is 1.91. The van der Waals surface area contributed by atoms with Crippen molar-refractivity contribution in [3.8, 4) is 12.3 Å². The Hall–Kier alpha value is -1.57. The molecular weight excluding hydrogens is 267 g/mol.